The summed E-state index contributed by atoms with van der Waals surface area (Å²) in [6, 6.07) is 15.7. The molecule has 1 N–H and O–H groups in total. The summed E-state index contributed by atoms with van der Waals surface area (Å²) < 4.78 is 0. The normalized spacial score (nSPS) is 18.0. The van der Waals surface area contributed by atoms with E-state index in [-0.39, 0.29) is 17.9 Å². The Morgan fingerprint density at radius 2 is 1.73 bits per heavy atom. The van der Waals surface area contributed by atoms with Gasteiger partial charge in [-0.1, -0.05) is 41.9 Å². The molecule has 2 aromatic rings. The lowest BCUT2D eigenvalue weighted by atomic mass is 10.0. The SMILES string of the molecule is O=C(Cc1ccc(N2CCCC2=O)cc1)NCC(c1ccccc1Cl)N1CCCC1. The van der Waals surface area contributed by atoms with Crippen LogP contribution in [0.5, 0.6) is 0 Å². The van der Waals surface area contributed by atoms with Gasteiger partial charge in [-0.2, -0.15) is 0 Å². The van der Waals surface area contributed by atoms with Gasteiger partial charge in [0.05, 0.1) is 12.5 Å². The Balaban J connectivity index is 1.36. The summed E-state index contributed by atoms with van der Waals surface area (Å²) in [5.41, 5.74) is 2.92. The average Bonchev–Trinajstić information content (AvgIpc) is 3.42. The van der Waals surface area contributed by atoms with Crippen molar-refractivity contribution in [1.29, 1.82) is 0 Å². The highest BCUT2D eigenvalue weighted by Gasteiger charge is 2.25. The third kappa shape index (κ3) is 4.85. The summed E-state index contributed by atoms with van der Waals surface area (Å²) >= 11 is 6.45. The molecule has 0 aromatic heterocycles. The molecule has 30 heavy (non-hydrogen) atoms. The number of benzene rings is 2. The van der Waals surface area contributed by atoms with Crippen molar-refractivity contribution in [1.82, 2.24) is 10.2 Å². The minimum Gasteiger partial charge on any atom is -0.354 e. The maximum Gasteiger partial charge on any atom is 0.227 e. The van der Waals surface area contributed by atoms with Gasteiger partial charge in [0.15, 0.2) is 0 Å². The third-order valence-electron chi connectivity index (χ3n) is 6.02. The summed E-state index contributed by atoms with van der Waals surface area (Å²) in [6.45, 7) is 3.38. The Morgan fingerprint density at radius 1 is 1.00 bits per heavy atom. The number of nitrogens with zero attached hydrogens (tertiary/aromatic N) is 2. The van der Waals surface area contributed by atoms with Crippen LogP contribution in [0.4, 0.5) is 5.69 Å². The maximum atomic E-state index is 12.6. The summed E-state index contributed by atoms with van der Waals surface area (Å²) in [4.78, 5) is 28.7. The van der Waals surface area contributed by atoms with Crippen LogP contribution in [0.1, 0.15) is 42.9 Å². The molecule has 158 valence electrons. The number of hydrogen-bond acceptors (Lipinski definition) is 3. The second-order valence-electron chi connectivity index (χ2n) is 8.08. The van der Waals surface area contributed by atoms with Gasteiger partial charge in [0, 0.05) is 30.2 Å². The van der Waals surface area contributed by atoms with Gasteiger partial charge in [0.1, 0.15) is 0 Å². The number of carbonyl (C=O) groups is 2. The van der Waals surface area contributed by atoms with E-state index in [2.05, 4.69) is 16.3 Å². The van der Waals surface area contributed by atoms with Crippen molar-refractivity contribution in [3.05, 3.63) is 64.7 Å². The van der Waals surface area contributed by atoms with E-state index in [0.29, 0.717) is 19.4 Å². The van der Waals surface area contributed by atoms with Crippen molar-refractivity contribution < 1.29 is 9.59 Å². The van der Waals surface area contributed by atoms with E-state index >= 15 is 0 Å². The van der Waals surface area contributed by atoms with Gasteiger partial charge >= 0.3 is 0 Å². The number of hydrogen-bond donors (Lipinski definition) is 1. The highest BCUT2D eigenvalue weighted by Crippen LogP contribution is 2.29. The van der Waals surface area contributed by atoms with E-state index in [1.807, 2.05) is 47.4 Å². The first-order valence-corrected chi connectivity index (χ1v) is 11.1. The average molecular weight is 426 g/mol. The van der Waals surface area contributed by atoms with Crippen molar-refractivity contribution in [2.45, 2.75) is 38.1 Å². The first-order valence-electron chi connectivity index (χ1n) is 10.8. The van der Waals surface area contributed by atoms with Crippen molar-refractivity contribution in [3.63, 3.8) is 0 Å². The van der Waals surface area contributed by atoms with Crippen LogP contribution in [-0.4, -0.2) is 42.9 Å². The summed E-state index contributed by atoms with van der Waals surface area (Å²) in [7, 11) is 0. The Hall–Kier alpha value is -2.37. The molecule has 2 aromatic carbocycles. The molecule has 0 saturated carbocycles. The lowest BCUT2D eigenvalue weighted by molar-refractivity contribution is -0.120. The molecule has 0 radical (unpaired) electrons. The first kappa shape index (κ1) is 20.9. The molecular formula is C24H28ClN3O2. The van der Waals surface area contributed by atoms with E-state index in [1.165, 1.54) is 12.8 Å². The number of rotatable bonds is 7. The van der Waals surface area contributed by atoms with Crippen molar-refractivity contribution in [3.8, 4) is 0 Å². The van der Waals surface area contributed by atoms with Crippen LogP contribution in [0.15, 0.2) is 48.5 Å². The molecule has 2 heterocycles. The van der Waals surface area contributed by atoms with Crippen LogP contribution in [0, 0.1) is 0 Å². The van der Waals surface area contributed by atoms with Gasteiger partial charge in [-0.05, 0) is 61.7 Å². The zero-order chi connectivity index (χ0) is 20.9. The maximum absolute atomic E-state index is 12.6. The van der Waals surface area contributed by atoms with Gasteiger partial charge in [-0.3, -0.25) is 14.5 Å². The number of likely N-dealkylation sites (tertiary alicyclic amines) is 1. The van der Waals surface area contributed by atoms with E-state index in [0.717, 1.165) is 47.9 Å². The Bertz CT molecular complexity index is 894. The molecule has 0 aliphatic carbocycles. The topological polar surface area (TPSA) is 52.7 Å². The molecular weight excluding hydrogens is 398 g/mol. The smallest absolute Gasteiger partial charge is 0.227 e. The zero-order valence-corrected chi connectivity index (χ0v) is 17.9. The lowest BCUT2D eigenvalue weighted by Gasteiger charge is -2.29. The van der Waals surface area contributed by atoms with Gasteiger partial charge in [0.25, 0.3) is 0 Å². The number of nitrogens with one attached hydrogen (secondary N) is 1. The minimum atomic E-state index is -0.00347. The monoisotopic (exact) mass is 425 g/mol. The van der Waals surface area contributed by atoms with E-state index in [1.54, 1.807) is 0 Å². The molecule has 1 atom stereocenters. The second kappa shape index (κ2) is 9.63. The number of anilines is 1. The highest BCUT2D eigenvalue weighted by molar-refractivity contribution is 6.31. The molecule has 6 heteroatoms. The van der Waals surface area contributed by atoms with Gasteiger partial charge in [0.2, 0.25) is 11.8 Å². The van der Waals surface area contributed by atoms with E-state index in [9.17, 15) is 9.59 Å². The van der Waals surface area contributed by atoms with Crippen LogP contribution in [0.2, 0.25) is 5.02 Å². The first-order chi connectivity index (χ1) is 14.6. The quantitative estimate of drug-likeness (QED) is 0.730. The number of halogens is 1. The molecule has 2 saturated heterocycles. The van der Waals surface area contributed by atoms with E-state index < -0.39 is 0 Å². The number of amides is 2. The highest BCUT2D eigenvalue weighted by atomic mass is 35.5. The van der Waals surface area contributed by atoms with Crippen LogP contribution in [-0.2, 0) is 16.0 Å². The standard InChI is InChI=1S/C24H28ClN3O2/c25-21-7-2-1-6-20(21)22(27-13-3-4-14-27)17-26-23(29)16-18-9-11-19(12-10-18)28-15-5-8-24(28)30/h1-2,6-7,9-12,22H,3-5,8,13-17H2,(H,26,29). The van der Waals surface area contributed by atoms with Gasteiger partial charge in [-0.15, -0.1) is 0 Å². The molecule has 2 aliphatic heterocycles. The predicted molar refractivity (Wildman–Crippen MR) is 120 cm³/mol. The van der Waals surface area contributed by atoms with Crippen LogP contribution >= 0.6 is 11.6 Å². The molecule has 5 nitrogen and oxygen atoms in total. The molecule has 1 unspecified atom stereocenters. The summed E-state index contributed by atoms with van der Waals surface area (Å²) in [5.74, 6) is 0.171. The molecule has 2 aliphatic rings. The molecule has 4 rings (SSSR count). The fourth-order valence-electron chi connectivity index (χ4n) is 4.41. The summed E-state index contributed by atoms with van der Waals surface area (Å²) in [6.07, 6.45) is 4.21. The van der Waals surface area contributed by atoms with Crippen molar-refractivity contribution in [2.75, 3.05) is 31.1 Å². The van der Waals surface area contributed by atoms with Gasteiger partial charge < -0.3 is 10.2 Å². The van der Waals surface area contributed by atoms with Crippen molar-refractivity contribution in [2.24, 2.45) is 0 Å². The second-order valence-corrected chi connectivity index (χ2v) is 8.48. The minimum absolute atomic E-state index is 0.00347. The fourth-order valence-corrected chi connectivity index (χ4v) is 4.67. The van der Waals surface area contributed by atoms with Crippen molar-refractivity contribution >= 4 is 29.1 Å². The van der Waals surface area contributed by atoms with E-state index in [4.69, 9.17) is 11.6 Å². The van der Waals surface area contributed by atoms with Crippen LogP contribution in [0.25, 0.3) is 0 Å². The lowest BCUT2D eigenvalue weighted by Crippen LogP contribution is -2.37. The fraction of sp³-hybridized carbons (Fsp3) is 0.417. The Morgan fingerprint density at radius 3 is 2.40 bits per heavy atom. The predicted octanol–water partition coefficient (Wildman–Crippen LogP) is 3.96. The Kier molecular flexibility index (Phi) is 6.70. The molecule has 2 fully saturated rings. The Labute approximate surface area is 183 Å². The molecule has 2 amide bonds. The number of carbonyl (C=O) groups excluding carboxylic acids is 2. The summed E-state index contributed by atoms with van der Waals surface area (Å²) in [5, 5.41) is 3.85. The van der Waals surface area contributed by atoms with Gasteiger partial charge in [-0.25, -0.2) is 0 Å². The van der Waals surface area contributed by atoms with Crippen LogP contribution in [0.3, 0.4) is 0 Å². The zero-order valence-electron chi connectivity index (χ0n) is 17.1. The third-order valence-corrected chi connectivity index (χ3v) is 6.37. The molecule has 0 bridgehead atoms. The van der Waals surface area contributed by atoms with Crippen LogP contribution < -0.4 is 10.2 Å². The largest absolute Gasteiger partial charge is 0.354 e. The molecule has 0 spiro atoms.